The molecular weight excluding hydrogens is 294 g/mol. The SMILES string of the molecule is OCc1nnc(-c2ccccc2Oc2ccc(F)cc2F)o1. The van der Waals surface area contributed by atoms with Crippen LogP contribution in [0.5, 0.6) is 11.5 Å². The lowest BCUT2D eigenvalue weighted by Crippen LogP contribution is -1.92. The highest BCUT2D eigenvalue weighted by Gasteiger charge is 2.15. The highest BCUT2D eigenvalue weighted by molar-refractivity contribution is 5.63. The predicted molar refractivity (Wildman–Crippen MR) is 72.1 cm³/mol. The standard InChI is InChI=1S/C15H10F2N2O3/c16-9-5-6-13(11(17)7-9)21-12-4-2-1-3-10(12)15-19-18-14(8-20)22-15/h1-7,20H,8H2. The topological polar surface area (TPSA) is 68.4 Å². The molecule has 0 atom stereocenters. The van der Waals surface area contributed by atoms with Gasteiger partial charge >= 0.3 is 0 Å². The van der Waals surface area contributed by atoms with Gasteiger partial charge in [0.05, 0.1) is 5.56 Å². The van der Waals surface area contributed by atoms with Crippen LogP contribution in [0.15, 0.2) is 46.9 Å². The average Bonchev–Trinajstić information content (AvgIpc) is 2.99. The van der Waals surface area contributed by atoms with Crippen molar-refractivity contribution in [3.05, 3.63) is 60.0 Å². The van der Waals surface area contributed by atoms with Gasteiger partial charge in [-0.05, 0) is 24.3 Å². The van der Waals surface area contributed by atoms with Crippen molar-refractivity contribution >= 4 is 0 Å². The average molecular weight is 304 g/mol. The third-order valence-corrected chi connectivity index (χ3v) is 2.83. The minimum atomic E-state index is -0.823. The van der Waals surface area contributed by atoms with E-state index in [1.54, 1.807) is 24.3 Å². The summed E-state index contributed by atoms with van der Waals surface area (Å²) in [4.78, 5) is 0. The second kappa shape index (κ2) is 5.90. The van der Waals surface area contributed by atoms with Crippen molar-refractivity contribution < 1.29 is 23.0 Å². The van der Waals surface area contributed by atoms with E-state index in [1.807, 2.05) is 0 Å². The van der Waals surface area contributed by atoms with Crippen molar-refractivity contribution in [3.8, 4) is 23.0 Å². The van der Waals surface area contributed by atoms with E-state index < -0.39 is 11.6 Å². The van der Waals surface area contributed by atoms with Gasteiger partial charge in [-0.3, -0.25) is 0 Å². The molecule has 0 unspecified atom stereocenters. The molecule has 3 rings (SSSR count). The summed E-state index contributed by atoms with van der Waals surface area (Å²) >= 11 is 0. The fourth-order valence-corrected chi connectivity index (χ4v) is 1.84. The van der Waals surface area contributed by atoms with Crippen LogP contribution >= 0.6 is 0 Å². The number of aliphatic hydroxyl groups is 1. The molecule has 1 aromatic heterocycles. The number of halogens is 2. The normalized spacial score (nSPS) is 10.7. The van der Waals surface area contributed by atoms with Gasteiger partial charge in [-0.15, -0.1) is 10.2 Å². The van der Waals surface area contributed by atoms with E-state index in [2.05, 4.69) is 10.2 Å². The monoisotopic (exact) mass is 304 g/mol. The Balaban J connectivity index is 1.97. The van der Waals surface area contributed by atoms with Crippen LogP contribution in [0.2, 0.25) is 0 Å². The first-order valence-electron chi connectivity index (χ1n) is 6.33. The Kier molecular flexibility index (Phi) is 3.80. The second-order valence-corrected chi connectivity index (χ2v) is 4.33. The Morgan fingerprint density at radius 1 is 1.05 bits per heavy atom. The Morgan fingerprint density at radius 3 is 2.59 bits per heavy atom. The molecule has 0 aliphatic heterocycles. The van der Waals surface area contributed by atoms with Gasteiger partial charge in [0.1, 0.15) is 18.2 Å². The van der Waals surface area contributed by atoms with E-state index in [1.165, 1.54) is 6.07 Å². The van der Waals surface area contributed by atoms with Gasteiger partial charge in [0.15, 0.2) is 11.6 Å². The van der Waals surface area contributed by atoms with Crippen LogP contribution in [0.3, 0.4) is 0 Å². The van der Waals surface area contributed by atoms with E-state index >= 15 is 0 Å². The molecule has 0 aliphatic carbocycles. The number of ether oxygens (including phenoxy) is 1. The lowest BCUT2D eigenvalue weighted by Gasteiger charge is -2.09. The summed E-state index contributed by atoms with van der Waals surface area (Å²) < 4.78 is 37.3. The summed E-state index contributed by atoms with van der Waals surface area (Å²) in [5, 5.41) is 16.4. The van der Waals surface area contributed by atoms with Crippen molar-refractivity contribution in [3.63, 3.8) is 0 Å². The van der Waals surface area contributed by atoms with Crippen LogP contribution in [0, 0.1) is 11.6 Å². The highest BCUT2D eigenvalue weighted by Crippen LogP contribution is 2.33. The number of hydrogen-bond donors (Lipinski definition) is 1. The summed E-state index contributed by atoms with van der Waals surface area (Å²) in [5.74, 6) is -1.20. The van der Waals surface area contributed by atoms with Gasteiger partial charge in [0, 0.05) is 6.07 Å². The molecule has 2 aromatic carbocycles. The molecule has 0 saturated heterocycles. The second-order valence-electron chi connectivity index (χ2n) is 4.33. The van der Waals surface area contributed by atoms with Crippen LogP contribution in [0.25, 0.3) is 11.5 Å². The maximum Gasteiger partial charge on any atom is 0.251 e. The molecule has 0 amide bonds. The zero-order valence-electron chi connectivity index (χ0n) is 11.2. The number of hydrogen-bond acceptors (Lipinski definition) is 5. The molecule has 3 aromatic rings. The van der Waals surface area contributed by atoms with E-state index in [0.717, 1.165) is 12.1 Å². The number of para-hydroxylation sites is 1. The first-order chi connectivity index (χ1) is 10.7. The molecule has 0 bridgehead atoms. The Morgan fingerprint density at radius 2 is 1.86 bits per heavy atom. The number of benzene rings is 2. The minimum Gasteiger partial charge on any atom is -0.453 e. The molecule has 0 radical (unpaired) electrons. The van der Waals surface area contributed by atoms with Crippen molar-refractivity contribution in [1.29, 1.82) is 0 Å². The Labute approximate surface area is 123 Å². The summed E-state index contributed by atoms with van der Waals surface area (Å²) in [6.45, 7) is -0.386. The molecule has 0 saturated carbocycles. The molecule has 0 spiro atoms. The van der Waals surface area contributed by atoms with Crippen molar-refractivity contribution in [2.45, 2.75) is 6.61 Å². The first-order valence-corrected chi connectivity index (χ1v) is 6.33. The summed E-state index contributed by atoms with van der Waals surface area (Å²) in [7, 11) is 0. The van der Waals surface area contributed by atoms with Crippen molar-refractivity contribution in [2.24, 2.45) is 0 Å². The maximum atomic E-state index is 13.7. The fourth-order valence-electron chi connectivity index (χ4n) is 1.84. The molecule has 0 aliphatic rings. The van der Waals surface area contributed by atoms with Crippen LogP contribution in [-0.2, 0) is 6.61 Å². The van der Waals surface area contributed by atoms with E-state index in [-0.39, 0.29) is 29.9 Å². The smallest absolute Gasteiger partial charge is 0.251 e. The lowest BCUT2D eigenvalue weighted by molar-refractivity contribution is 0.241. The van der Waals surface area contributed by atoms with Crippen LogP contribution in [0.1, 0.15) is 5.89 Å². The Bertz CT molecular complexity index is 805. The van der Waals surface area contributed by atoms with E-state index in [4.69, 9.17) is 14.3 Å². The van der Waals surface area contributed by atoms with E-state index in [9.17, 15) is 8.78 Å². The van der Waals surface area contributed by atoms with Gasteiger partial charge in [0.2, 0.25) is 5.89 Å². The lowest BCUT2D eigenvalue weighted by atomic mass is 10.2. The largest absolute Gasteiger partial charge is 0.453 e. The maximum absolute atomic E-state index is 13.7. The van der Waals surface area contributed by atoms with Gasteiger partial charge < -0.3 is 14.3 Å². The van der Waals surface area contributed by atoms with Crippen molar-refractivity contribution in [1.82, 2.24) is 10.2 Å². The van der Waals surface area contributed by atoms with Crippen molar-refractivity contribution in [2.75, 3.05) is 0 Å². The summed E-state index contributed by atoms with van der Waals surface area (Å²) in [5.41, 5.74) is 0.429. The number of rotatable bonds is 4. The van der Waals surface area contributed by atoms with Crippen LogP contribution in [0.4, 0.5) is 8.78 Å². The molecule has 0 fully saturated rings. The molecular formula is C15H10F2N2O3. The number of aromatic nitrogens is 2. The molecule has 112 valence electrons. The molecule has 7 heteroatoms. The minimum absolute atomic E-state index is 0.0535. The Hall–Kier alpha value is -2.80. The molecule has 5 nitrogen and oxygen atoms in total. The first kappa shape index (κ1) is 14.2. The van der Waals surface area contributed by atoms with Crippen LogP contribution < -0.4 is 4.74 Å². The number of aliphatic hydroxyl groups excluding tert-OH is 1. The predicted octanol–water partition coefficient (Wildman–Crippen LogP) is 3.30. The third kappa shape index (κ3) is 2.79. The zero-order chi connectivity index (χ0) is 15.5. The summed E-state index contributed by atoms with van der Waals surface area (Å²) in [6, 6.07) is 9.64. The molecule has 1 heterocycles. The highest BCUT2D eigenvalue weighted by atomic mass is 19.1. The number of nitrogens with zero attached hydrogens (tertiary/aromatic N) is 2. The van der Waals surface area contributed by atoms with Crippen LogP contribution in [-0.4, -0.2) is 15.3 Å². The summed E-state index contributed by atoms with van der Waals surface area (Å²) in [6.07, 6.45) is 0. The van der Waals surface area contributed by atoms with Gasteiger partial charge in [-0.25, -0.2) is 8.78 Å². The quantitative estimate of drug-likeness (QED) is 0.801. The van der Waals surface area contributed by atoms with Gasteiger partial charge in [-0.1, -0.05) is 12.1 Å². The fraction of sp³-hybridized carbons (Fsp3) is 0.0667. The van der Waals surface area contributed by atoms with E-state index in [0.29, 0.717) is 5.56 Å². The van der Waals surface area contributed by atoms with Gasteiger partial charge in [0.25, 0.3) is 5.89 Å². The zero-order valence-corrected chi connectivity index (χ0v) is 11.2. The third-order valence-electron chi connectivity index (χ3n) is 2.83. The van der Waals surface area contributed by atoms with Gasteiger partial charge in [-0.2, -0.15) is 0 Å². The molecule has 1 N–H and O–H groups in total. The molecule has 22 heavy (non-hydrogen) atoms.